The molecule has 0 spiro atoms. The van der Waals surface area contributed by atoms with Crippen LogP contribution in [-0.4, -0.2) is 19.6 Å². The molecular weight excluding hydrogens is 203 g/mol. The fourth-order valence-corrected chi connectivity index (χ4v) is 2.19. The monoisotopic (exact) mass is 222 g/mol. The Bertz CT molecular complexity index is 321. The smallest absolute Gasteiger partial charge is 0.146 e. The Labute approximate surface area is 96.2 Å². The third-order valence-electron chi connectivity index (χ3n) is 3.14. The fourth-order valence-electron chi connectivity index (χ4n) is 2.19. The number of nitrogens with one attached hydrogen (secondary N) is 2. The lowest BCUT2D eigenvalue weighted by atomic mass is 9.96. The van der Waals surface area contributed by atoms with Gasteiger partial charge in [-0.05, 0) is 50.4 Å². The second kappa shape index (κ2) is 5.85. The Balaban J connectivity index is 1.73. The molecule has 1 aromatic carbocycles. The molecule has 1 unspecified atom stereocenters. The average molecular weight is 222 g/mol. The van der Waals surface area contributed by atoms with Gasteiger partial charge in [-0.15, -0.1) is 0 Å². The second-order valence-corrected chi connectivity index (χ2v) is 4.41. The Morgan fingerprint density at radius 1 is 1.38 bits per heavy atom. The maximum atomic E-state index is 13.3. The van der Waals surface area contributed by atoms with Crippen LogP contribution in [0.25, 0.3) is 0 Å². The minimum Gasteiger partial charge on any atom is -0.383 e. The molecular formula is C13H19FN2. The summed E-state index contributed by atoms with van der Waals surface area (Å²) in [6, 6.07) is 6.85. The van der Waals surface area contributed by atoms with Gasteiger partial charge in [-0.3, -0.25) is 0 Å². The highest BCUT2D eigenvalue weighted by atomic mass is 19.1. The predicted molar refractivity (Wildman–Crippen MR) is 65.1 cm³/mol. The van der Waals surface area contributed by atoms with E-state index in [2.05, 4.69) is 10.6 Å². The first-order valence-electron chi connectivity index (χ1n) is 6.05. The van der Waals surface area contributed by atoms with Crippen molar-refractivity contribution < 1.29 is 4.39 Å². The van der Waals surface area contributed by atoms with Crippen LogP contribution in [0.2, 0.25) is 0 Å². The van der Waals surface area contributed by atoms with Crippen LogP contribution in [0, 0.1) is 11.7 Å². The number of anilines is 1. The highest BCUT2D eigenvalue weighted by Crippen LogP contribution is 2.16. The van der Waals surface area contributed by atoms with Gasteiger partial charge in [0.2, 0.25) is 0 Å². The molecule has 2 rings (SSSR count). The lowest BCUT2D eigenvalue weighted by Gasteiger charge is -2.22. The minimum atomic E-state index is -0.163. The summed E-state index contributed by atoms with van der Waals surface area (Å²) in [4.78, 5) is 0. The lowest BCUT2D eigenvalue weighted by Crippen LogP contribution is -2.30. The first-order chi connectivity index (χ1) is 7.86. The number of para-hydroxylation sites is 1. The van der Waals surface area contributed by atoms with Gasteiger partial charge in [0.05, 0.1) is 5.69 Å². The zero-order valence-corrected chi connectivity index (χ0v) is 9.51. The average Bonchev–Trinajstić information content (AvgIpc) is 2.33. The highest BCUT2D eigenvalue weighted by molar-refractivity contribution is 5.44. The zero-order valence-electron chi connectivity index (χ0n) is 9.51. The van der Waals surface area contributed by atoms with Gasteiger partial charge in [0.25, 0.3) is 0 Å². The number of hydrogen-bond donors (Lipinski definition) is 2. The summed E-state index contributed by atoms with van der Waals surface area (Å²) in [5.74, 6) is 0.581. The van der Waals surface area contributed by atoms with E-state index in [1.165, 1.54) is 18.9 Å². The van der Waals surface area contributed by atoms with Gasteiger partial charge < -0.3 is 10.6 Å². The summed E-state index contributed by atoms with van der Waals surface area (Å²) < 4.78 is 13.3. The maximum absolute atomic E-state index is 13.3. The summed E-state index contributed by atoms with van der Waals surface area (Å²) >= 11 is 0. The van der Waals surface area contributed by atoms with Crippen molar-refractivity contribution in [3.63, 3.8) is 0 Å². The Hall–Kier alpha value is -1.09. The van der Waals surface area contributed by atoms with E-state index in [0.717, 1.165) is 32.0 Å². The molecule has 16 heavy (non-hydrogen) atoms. The Morgan fingerprint density at radius 3 is 3.00 bits per heavy atom. The topological polar surface area (TPSA) is 24.1 Å². The van der Waals surface area contributed by atoms with Crippen LogP contribution in [-0.2, 0) is 0 Å². The van der Waals surface area contributed by atoms with Gasteiger partial charge in [0, 0.05) is 6.54 Å². The van der Waals surface area contributed by atoms with E-state index in [1.807, 2.05) is 6.07 Å². The molecule has 1 aliphatic rings. The van der Waals surface area contributed by atoms with Crippen LogP contribution in [0.1, 0.15) is 19.3 Å². The Kier molecular flexibility index (Phi) is 4.17. The van der Waals surface area contributed by atoms with Crippen molar-refractivity contribution >= 4 is 5.69 Å². The summed E-state index contributed by atoms with van der Waals surface area (Å²) in [6.07, 6.45) is 3.68. The van der Waals surface area contributed by atoms with Crippen LogP contribution >= 0.6 is 0 Å². The number of piperidine rings is 1. The van der Waals surface area contributed by atoms with Gasteiger partial charge in [-0.1, -0.05) is 12.1 Å². The molecule has 0 bridgehead atoms. The molecule has 88 valence electrons. The number of halogens is 1. The van der Waals surface area contributed by atoms with E-state index in [0.29, 0.717) is 5.69 Å². The van der Waals surface area contributed by atoms with Crippen molar-refractivity contribution in [2.75, 3.05) is 25.0 Å². The van der Waals surface area contributed by atoms with Crippen LogP contribution in [0.15, 0.2) is 24.3 Å². The summed E-state index contributed by atoms with van der Waals surface area (Å²) in [6.45, 7) is 3.11. The molecule has 0 saturated carbocycles. The van der Waals surface area contributed by atoms with E-state index in [4.69, 9.17) is 0 Å². The molecule has 2 nitrogen and oxygen atoms in total. The normalized spacial score (nSPS) is 20.7. The van der Waals surface area contributed by atoms with E-state index >= 15 is 0 Å². The maximum Gasteiger partial charge on any atom is 0.146 e. The largest absolute Gasteiger partial charge is 0.383 e. The van der Waals surface area contributed by atoms with Crippen molar-refractivity contribution in [1.82, 2.24) is 5.32 Å². The van der Waals surface area contributed by atoms with Crippen LogP contribution in [0.4, 0.5) is 10.1 Å². The van der Waals surface area contributed by atoms with Gasteiger partial charge in [-0.2, -0.15) is 0 Å². The highest BCUT2D eigenvalue weighted by Gasteiger charge is 2.12. The van der Waals surface area contributed by atoms with Gasteiger partial charge in [-0.25, -0.2) is 4.39 Å². The minimum absolute atomic E-state index is 0.163. The van der Waals surface area contributed by atoms with Gasteiger partial charge in [0.15, 0.2) is 0 Å². The van der Waals surface area contributed by atoms with Crippen molar-refractivity contribution in [3.05, 3.63) is 30.1 Å². The number of benzene rings is 1. The standard InChI is InChI=1S/C13H19FN2/c14-12-5-1-2-6-13(12)16-9-7-11-4-3-8-15-10-11/h1-2,5-6,11,15-16H,3-4,7-10H2. The van der Waals surface area contributed by atoms with E-state index in [-0.39, 0.29) is 5.82 Å². The molecule has 1 heterocycles. The first kappa shape index (κ1) is 11.4. The quantitative estimate of drug-likeness (QED) is 0.818. The fraction of sp³-hybridized carbons (Fsp3) is 0.538. The molecule has 2 N–H and O–H groups in total. The third-order valence-corrected chi connectivity index (χ3v) is 3.14. The molecule has 1 atom stereocenters. The van der Waals surface area contributed by atoms with Crippen LogP contribution < -0.4 is 10.6 Å². The van der Waals surface area contributed by atoms with Crippen molar-refractivity contribution in [2.24, 2.45) is 5.92 Å². The molecule has 1 saturated heterocycles. The van der Waals surface area contributed by atoms with E-state index < -0.39 is 0 Å². The SMILES string of the molecule is Fc1ccccc1NCCC1CCCNC1. The van der Waals surface area contributed by atoms with Crippen LogP contribution in [0.5, 0.6) is 0 Å². The molecule has 0 aliphatic carbocycles. The second-order valence-electron chi connectivity index (χ2n) is 4.41. The van der Waals surface area contributed by atoms with Crippen LogP contribution in [0.3, 0.4) is 0 Å². The van der Waals surface area contributed by atoms with Crippen molar-refractivity contribution in [2.45, 2.75) is 19.3 Å². The molecule has 0 radical (unpaired) electrons. The molecule has 0 aromatic heterocycles. The molecule has 1 aliphatic heterocycles. The number of hydrogen-bond acceptors (Lipinski definition) is 2. The molecule has 0 amide bonds. The molecule has 1 fully saturated rings. The lowest BCUT2D eigenvalue weighted by molar-refractivity contribution is 0.364. The van der Waals surface area contributed by atoms with E-state index in [1.54, 1.807) is 12.1 Å². The summed E-state index contributed by atoms with van der Waals surface area (Å²) in [5, 5.41) is 6.55. The molecule has 3 heteroatoms. The predicted octanol–water partition coefficient (Wildman–Crippen LogP) is 2.63. The van der Waals surface area contributed by atoms with Crippen molar-refractivity contribution in [1.29, 1.82) is 0 Å². The summed E-state index contributed by atoms with van der Waals surface area (Å²) in [5.41, 5.74) is 0.617. The Morgan fingerprint density at radius 2 is 2.25 bits per heavy atom. The van der Waals surface area contributed by atoms with E-state index in [9.17, 15) is 4.39 Å². The molecule has 1 aromatic rings. The number of rotatable bonds is 4. The summed E-state index contributed by atoms with van der Waals surface area (Å²) in [7, 11) is 0. The van der Waals surface area contributed by atoms with Gasteiger partial charge in [0.1, 0.15) is 5.82 Å². The zero-order chi connectivity index (χ0) is 11.2. The first-order valence-corrected chi connectivity index (χ1v) is 6.05. The van der Waals surface area contributed by atoms with Crippen molar-refractivity contribution in [3.8, 4) is 0 Å². The third kappa shape index (κ3) is 3.20. The van der Waals surface area contributed by atoms with Gasteiger partial charge >= 0.3 is 0 Å².